The van der Waals surface area contributed by atoms with Gasteiger partial charge < -0.3 is 4.74 Å². The minimum Gasteiger partial charge on any atom is -0.496 e. The fraction of sp³-hybridized carbons (Fsp3) is 0.222. The number of ether oxygens (including phenoxy) is 1. The second-order valence-corrected chi connectivity index (χ2v) is 3.92. The van der Waals surface area contributed by atoms with Crippen molar-refractivity contribution in [2.75, 3.05) is 7.11 Å². The van der Waals surface area contributed by atoms with Gasteiger partial charge in [-0.1, -0.05) is 6.07 Å². The van der Waals surface area contributed by atoms with Crippen molar-refractivity contribution in [1.29, 1.82) is 0 Å². The SMILES string of the molecule is COc1ccc(C)c2n[nH]c(I)c12. The molecular formula is C9H9IN2O. The lowest BCUT2D eigenvalue weighted by Crippen LogP contribution is -1.85. The highest BCUT2D eigenvalue weighted by Gasteiger charge is 2.10. The van der Waals surface area contributed by atoms with Gasteiger partial charge in [0.2, 0.25) is 0 Å². The lowest BCUT2D eigenvalue weighted by Gasteiger charge is -2.02. The number of aryl methyl sites for hydroxylation is 1. The third-order valence-electron chi connectivity index (χ3n) is 2.05. The van der Waals surface area contributed by atoms with Gasteiger partial charge in [0, 0.05) is 0 Å². The molecule has 0 atom stereocenters. The number of nitrogens with one attached hydrogen (secondary N) is 1. The Labute approximate surface area is 89.6 Å². The third kappa shape index (κ3) is 1.29. The molecule has 1 heterocycles. The van der Waals surface area contributed by atoms with Gasteiger partial charge in [-0.05, 0) is 41.1 Å². The number of H-pyrrole nitrogens is 1. The maximum atomic E-state index is 5.26. The van der Waals surface area contributed by atoms with Crippen LogP contribution < -0.4 is 4.74 Å². The molecule has 0 spiro atoms. The summed E-state index contributed by atoms with van der Waals surface area (Å²) in [6, 6.07) is 3.98. The van der Waals surface area contributed by atoms with E-state index in [9.17, 15) is 0 Å². The lowest BCUT2D eigenvalue weighted by atomic mass is 10.1. The van der Waals surface area contributed by atoms with Gasteiger partial charge in [0.1, 0.15) is 9.45 Å². The van der Waals surface area contributed by atoms with Crippen LogP contribution in [0.1, 0.15) is 5.56 Å². The number of hydrogen-bond donors (Lipinski definition) is 1. The van der Waals surface area contributed by atoms with E-state index >= 15 is 0 Å². The van der Waals surface area contributed by atoms with E-state index in [2.05, 4.69) is 32.8 Å². The second-order valence-electron chi connectivity index (χ2n) is 2.85. The average Bonchev–Trinajstić information content (AvgIpc) is 2.51. The van der Waals surface area contributed by atoms with Crippen molar-refractivity contribution in [3.63, 3.8) is 0 Å². The Kier molecular flexibility index (Phi) is 2.15. The van der Waals surface area contributed by atoms with Crippen LogP contribution in [0.3, 0.4) is 0 Å². The lowest BCUT2D eigenvalue weighted by molar-refractivity contribution is 0.419. The standard InChI is InChI=1S/C9H9IN2O/c1-5-3-4-6(13-2)7-8(5)11-12-9(7)10/h3-4H,1-2H3,(H,11,12). The molecule has 4 heteroatoms. The Balaban J connectivity index is 2.88. The largest absolute Gasteiger partial charge is 0.496 e. The number of methoxy groups -OCH3 is 1. The van der Waals surface area contributed by atoms with Crippen molar-refractivity contribution in [2.45, 2.75) is 6.92 Å². The van der Waals surface area contributed by atoms with Gasteiger partial charge in [-0.3, -0.25) is 5.10 Å². The van der Waals surface area contributed by atoms with Crippen LogP contribution >= 0.6 is 22.6 Å². The molecule has 0 aliphatic rings. The first-order valence-electron chi connectivity index (χ1n) is 3.91. The van der Waals surface area contributed by atoms with Gasteiger partial charge in [-0.25, -0.2) is 0 Å². The number of aromatic amines is 1. The van der Waals surface area contributed by atoms with Crippen molar-refractivity contribution in [3.8, 4) is 5.75 Å². The van der Waals surface area contributed by atoms with Gasteiger partial charge >= 0.3 is 0 Å². The van der Waals surface area contributed by atoms with E-state index in [0.717, 1.165) is 25.9 Å². The predicted octanol–water partition coefficient (Wildman–Crippen LogP) is 2.48. The Bertz CT molecular complexity index is 450. The van der Waals surface area contributed by atoms with Gasteiger partial charge in [-0.15, -0.1) is 0 Å². The Morgan fingerprint density at radius 3 is 2.92 bits per heavy atom. The molecule has 2 rings (SSSR count). The minimum atomic E-state index is 0.874. The van der Waals surface area contributed by atoms with Gasteiger partial charge in [0.05, 0.1) is 18.0 Å². The van der Waals surface area contributed by atoms with E-state index in [0.29, 0.717) is 0 Å². The topological polar surface area (TPSA) is 37.9 Å². The van der Waals surface area contributed by atoms with Crippen molar-refractivity contribution >= 4 is 33.5 Å². The molecule has 0 saturated carbocycles. The number of benzene rings is 1. The first kappa shape index (κ1) is 8.80. The van der Waals surface area contributed by atoms with Crippen LogP contribution in [0.4, 0.5) is 0 Å². The number of rotatable bonds is 1. The third-order valence-corrected chi connectivity index (χ3v) is 2.83. The fourth-order valence-corrected chi connectivity index (χ4v) is 2.01. The zero-order valence-electron chi connectivity index (χ0n) is 7.39. The molecule has 0 fully saturated rings. The molecular weight excluding hydrogens is 279 g/mol. The summed E-state index contributed by atoms with van der Waals surface area (Å²) in [6.07, 6.45) is 0. The molecule has 0 amide bonds. The second kappa shape index (κ2) is 3.17. The Morgan fingerprint density at radius 2 is 2.23 bits per heavy atom. The normalized spacial score (nSPS) is 10.7. The summed E-state index contributed by atoms with van der Waals surface area (Å²) in [7, 11) is 1.67. The van der Waals surface area contributed by atoms with Crippen LogP contribution in [-0.2, 0) is 0 Å². The van der Waals surface area contributed by atoms with E-state index in [-0.39, 0.29) is 0 Å². The summed E-state index contributed by atoms with van der Waals surface area (Å²) in [4.78, 5) is 0. The summed E-state index contributed by atoms with van der Waals surface area (Å²) in [6.45, 7) is 2.04. The molecule has 68 valence electrons. The molecule has 3 nitrogen and oxygen atoms in total. The summed E-state index contributed by atoms with van der Waals surface area (Å²) in [5.74, 6) is 0.874. The van der Waals surface area contributed by atoms with Crippen molar-refractivity contribution in [1.82, 2.24) is 10.2 Å². The maximum Gasteiger partial charge on any atom is 0.130 e. The number of hydrogen-bond acceptors (Lipinski definition) is 2. The predicted molar refractivity (Wildman–Crippen MR) is 60.1 cm³/mol. The molecule has 0 unspecified atom stereocenters. The summed E-state index contributed by atoms with van der Waals surface area (Å²) < 4.78 is 6.28. The van der Waals surface area contributed by atoms with E-state index in [1.54, 1.807) is 7.11 Å². The summed E-state index contributed by atoms with van der Waals surface area (Å²) in [5, 5.41) is 8.24. The summed E-state index contributed by atoms with van der Waals surface area (Å²) in [5.41, 5.74) is 2.15. The Hall–Kier alpha value is -0.780. The smallest absolute Gasteiger partial charge is 0.130 e. The van der Waals surface area contributed by atoms with Crippen LogP contribution in [0.15, 0.2) is 12.1 Å². The van der Waals surface area contributed by atoms with E-state index in [1.165, 1.54) is 0 Å². The highest BCUT2D eigenvalue weighted by atomic mass is 127. The highest BCUT2D eigenvalue weighted by molar-refractivity contribution is 14.1. The maximum absolute atomic E-state index is 5.26. The number of halogens is 1. The van der Waals surface area contributed by atoms with Gasteiger partial charge in [-0.2, -0.15) is 5.10 Å². The molecule has 0 aliphatic heterocycles. The molecule has 2 aromatic rings. The van der Waals surface area contributed by atoms with E-state index in [4.69, 9.17) is 4.74 Å². The van der Waals surface area contributed by atoms with Crippen molar-refractivity contribution < 1.29 is 4.74 Å². The number of aromatic nitrogens is 2. The van der Waals surface area contributed by atoms with Crippen LogP contribution in [0.2, 0.25) is 0 Å². The average molecular weight is 288 g/mol. The minimum absolute atomic E-state index is 0.874. The van der Waals surface area contributed by atoms with Crippen LogP contribution in [0.25, 0.3) is 10.9 Å². The zero-order valence-corrected chi connectivity index (χ0v) is 9.55. The quantitative estimate of drug-likeness (QED) is 0.819. The molecule has 13 heavy (non-hydrogen) atoms. The first-order chi connectivity index (χ1) is 6.24. The molecule has 1 N–H and O–H groups in total. The van der Waals surface area contributed by atoms with Crippen LogP contribution in [0, 0.1) is 10.6 Å². The first-order valence-corrected chi connectivity index (χ1v) is 4.99. The van der Waals surface area contributed by atoms with Crippen molar-refractivity contribution in [2.24, 2.45) is 0 Å². The number of fused-ring (bicyclic) bond motifs is 1. The molecule has 0 bridgehead atoms. The van der Waals surface area contributed by atoms with Gasteiger partial charge in [0.25, 0.3) is 0 Å². The van der Waals surface area contributed by atoms with Crippen LogP contribution in [-0.4, -0.2) is 17.3 Å². The number of nitrogens with zero attached hydrogens (tertiary/aromatic N) is 1. The van der Waals surface area contributed by atoms with E-state index < -0.39 is 0 Å². The highest BCUT2D eigenvalue weighted by Crippen LogP contribution is 2.29. The summed E-state index contributed by atoms with van der Waals surface area (Å²) >= 11 is 2.22. The molecule has 1 aromatic carbocycles. The monoisotopic (exact) mass is 288 g/mol. The Morgan fingerprint density at radius 1 is 1.46 bits per heavy atom. The molecule has 1 aromatic heterocycles. The van der Waals surface area contributed by atoms with Gasteiger partial charge in [0.15, 0.2) is 0 Å². The zero-order chi connectivity index (χ0) is 9.42. The van der Waals surface area contributed by atoms with Crippen molar-refractivity contribution in [3.05, 3.63) is 21.4 Å². The van der Waals surface area contributed by atoms with Crippen LogP contribution in [0.5, 0.6) is 5.75 Å². The molecule has 0 saturated heterocycles. The molecule has 0 radical (unpaired) electrons. The van der Waals surface area contributed by atoms with E-state index in [1.807, 2.05) is 19.1 Å². The fourth-order valence-electron chi connectivity index (χ4n) is 1.36. The molecule has 0 aliphatic carbocycles.